The van der Waals surface area contributed by atoms with Gasteiger partial charge in [0.15, 0.2) is 0 Å². The molecule has 0 amide bonds. The first-order chi connectivity index (χ1) is 5.27. The predicted molar refractivity (Wildman–Crippen MR) is 42.3 cm³/mol. The number of alkyl halides is 1. The van der Waals surface area contributed by atoms with Crippen LogP contribution in [0.5, 0.6) is 0 Å². The van der Waals surface area contributed by atoms with Gasteiger partial charge in [0.25, 0.3) is 0 Å². The number of hydrogen-bond acceptors (Lipinski definition) is 2. The summed E-state index contributed by atoms with van der Waals surface area (Å²) >= 11 is 3.60. The molecule has 3 rings (SSSR count). The second kappa shape index (κ2) is 1.82. The predicted octanol–water partition coefficient (Wildman–Crippen LogP) is 1.33. The number of ether oxygens (including phenoxy) is 1. The number of rotatable bonds is 0. The molecule has 2 saturated carbocycles. The smallest absolute Gasteiger partial charge is 0.309 e. The van der Waals surface area contributed by atoms with E-state index in [9.17, 15) is 4.79 Å². The summed E-state index contributed by atoms with van der Waals surface area (Å²) in [5.41, 5.74) is 0. The van der Waals surface area contributed by atoms with Crippen molar-refractivity contribution in [2.45, 2.75) is 23.8 Å². The zero-order valence-electron chi connectivity index (χ0n) is 6.00. The van der Waals surface area contributed by atoms with E-state index in [1.54, 1.807) is 0 Å². The van der Waals surface area contributed by atoms with Gasteiger partial charge in [0.05, 0.1) is 10.7 Å². The van der Waals surface area contributed by atoms with Gasteiger partial charge in [-0.1, -0.05) is 15.9 Å². The summed E-state index contributed by atoms with van der Waals surface area (Å²) in [7, 11) is 0. The number of fused-ring (bicyclic) bond motifs is 1. The molecule has 1 heterocycles. The van der Waals surface area contributed by atoms with Crippen molar-refractivity contribution < 1.29 is 9.53 Å². The number of carbonyl (C=O) groups excluding carboxylic acids is 1. The Balaban J connectivity index is 2.04. The van der Waals surface area contributed by atoms with E-state index >= 15 is 0 Å². The fourth-order valence-electron chi connectivity index (χ4n) is 2.88. The van der Waals surface area contributed by atoms with Gasteiger partial charge in [-0.15, -0.1) is 0 Å². The average molecular weight is 217 g/mol. The zero-order valence-corrected chi connectivity index (χ0v) is 7.58. The van der Waals surface area contributed by atoms with Gasteiger partial charge in [-0.05, 0) is 18.8 Å². The Labute approximate surface area is 73.4 Å². The van der Waals surface area contributed by atoms with Crippen LogP contribution in [0.4, 0.5) is 0 Å². The SMILES string of the molecule is O=C1O[C@H]2[C@H](Br)[C@@H]3C[C@H]2[C@H]1C3. The molecule has 1 aliphatic heterocycles. The second-order valence-corrected chi connectivity index (χ2v) is 4.91. The standard InChI is InChI=1S/C8H9BrO2/c9-6-3-1-4-5(2-3)8(10)11-7(4)6/h3-7H,1-2H2/t3-,4+,5-,6-,7-/m1/s1. The molecule has 11 heavy (non-hydrogen) atoms. The molecule has 2 bridgehead atoms. The van der Waals surface area contributed by atoms with Crippen LogP contribution in [-0.2, 0) is 9.53 Å². The number of halogens is 1. The molecule has 0 spiro atoms. The third-order valence-corrected chi connectivity index (χ3v) is 4.66. The summed E-state index contributed by atoms with van der Waals surface area (Å²) in [6, 6.07) is 0. The fraction of sp³-hybridized carbons (Fsp3) is 0.875. The van der Waals surface area contributed by atoms with Crippen LogP contribution in [0.1, 0.15) is 12.8 Å². The minimum atomic E-state index is 0.0597. The Bertz CT molecular complexity index is 228. The van der Waals surface area contributed by atoms with E-state index in [0.29, 0.717) is 16.7 Å². The maximum absolute atomic E-state index is 11.2. The molecule has 0 aromatic rings. The highest BCUT2D eigenvalue weighted by Crippen LogP contribution is 2.56. The molecule has 3 aliphatic rings. The van der Waals surface area contributed by atoms with Gasteiger partial charge < -0.3 is 4.74 Å². The van der Waals surface area contributed by atoms with Crippen LogP contribution in [0, 0.1) is 17.8 Å². The lowest BCUT2D eigenvalue weighted by molar-refractivity contribution is -0.143. The lowest BCUT2D eigenvalue weighted by Crippen LogP contribution is -2.26. The Morgan fingerprint density at radius 1 is 1.45 bits per heavy atom. The van der Waals surface area contributed by atoms with E-state index < -0.39 is 0 Å². The molecule has 0 aromatic heterocycles. The lowest BCUT2D eigenvalue weighted by atomic mass is 9.90. The summed E-state index contributed by atoms with van der Waals surface area (Å²) < 4.78 is 5.27. The highest BCUT2D eigenvalue weighted by atomic mass is 79.9. The maximum atomic E-state index is 11.2. The monoisotopic (exact) mass is 216 g/mol. The fourth-order valence-corrected chi connectivity index (χ4v) is 3.82. The number of carbonyl (C=O) groups is 1. The largest absolute Gasteiger partial charge is 0.461 e. The molecular formula is C8H9BrO2. The minimum absolute atomic E-state index is 0.0597. The van der Waals surface area contributed by atoms with Gasteiger partial charge in [-0.3, -0.25) is 4.79 Å². The van der Waals surface area contributed by atoms with Crippen LogP contribution in [0.2, 0.25) is 0 Å². The maximum Gasteiger partial charge on any atom is 0.309 e. The van der Waals surface area contributed by atoms with Crippen molar-refractivity contribution in [2.75, 3.05) is 0 Å². The van der Waals surface area contributed by atoms with Crippen molar-refractivity contribution in [1.29, 1.82) is 0 Å². The van der Waals surface area contributed by atoms with Crippen LogP contribution in [0.25, 0.3) is 0 Å². The van der Waals surface area contributed by atoms with Crippen LogP contribution in [0.15, 0.2) is 0 Å². The summed E-state index contributed by atoms with van der Waals surface area (Å²) in [6.45, 7) is 0. The van der Waals surface area contributed by atoms with E-state index in [1.165, 1.54) is 6.42 Å². The van der Waals surface area contributed by atoms with Crippen LogP contribution in [-0.4, -0.2) is 16.9 Å². The van der Waals surface area contributed by atoms with Crippen molar-refractivity contribution in [3.63, 3.8) is 0 Å². The Morgan fingerprint density at radius 2 is 2.27 bits per heavy atom. The topological polar surface area (TPSA) is 26.3 Å². The third-order valence-electron chi connectivity index (χ3n) is 3.39. The summed E-state index contributed by atoms with van der Waals surface area (Å²) in [6.07, 6.45) is 2.48. The number of esters is 1. The minimum Gasteiger partial charge on any atom is -0.461 e. The van der Waals surface area contributed by atoms with Crippen molar-refractivity contribution in [3.05, 3.63) is 0 Å². The van der Waals surface area contributed by atoms with Gasteiger partial charge >= 0.3 is 5.97 Å². The van der Waals surface area contributed by atoms with Gasteiger partial charge in [0.1, 0.15) is 6.10 Å². The normalized spacial score (nSPS) is 58.6. The van der Waals surface area contributed by atoms with Gasteiger partial charge in [0.2, 0.25) is 0 Å². The third kappa shape index (κ3) is 0.616. The first-order valence-corrected chi connectivity index (χ1v) is 5.03. The summed E-state index contributed by atoms with van der Waals surface area (Å²) in [4.78, 5) is 11.6. The zero-order chi connectivity index (χ0) is 7.59. The molecule has 2 nitrogen and oxygen atoms in total. The molecule has 2 aliphatic carbocycles. The average Bonchev–Trinajstić information content (AvgIpc) is 2.53. The first-order valence-electron chi connectivity index (χ1n) is 4.12. The van der Waals surface area contributed by atoms with Crippen molar-refractivity contribution in [3.8, 4) is 0 Å². The van der Waals surface area contributed by atoms with E-state index in [4.69, 9.17) is 4.74 Å². The lowest BCUT2D eigenvalue weighted by Gasteiger charge is -2.18. The van der Waals surface area contributed by atoms with Crippen molar-refractivity contribution >= 4 is 21.9 Å². The van der Waals surface area contributed by atoms with E-state index in [0.717, 1.165) is 6.42 Å². The molecule has 0 unspecified atom stereocenters. The second-order valence-electron chi connectivity index (χ2n) is 3.85. The summed E-state index contributed by atoms with van der Waals surface area (Å²) in [5.74, 6) is 1.58. The van der Waals surface area contributed by atoms with Crippen molar-refractivity contribution in [2.24, 2.45) is 17.8 Å². The van der Waals surface area contributed by atoms with Crippen LogP contribution in [0.3, 0.4) is 0 Å². The van der Waals surface area contributed by atoms with Gasteiger partial charge in [-0.2, -0.15) is 0 Å². The number of hydrogen-bond donors (Lipinski definition) is 0. The van der Waals surface area contributed by atoms with E-state index in [-0.39, 0.29) is 18.0 Å². The molecule has 0 N–H and O–H groups in total. The molecule has 3 fully saturated rings. The van der Waals surface area contributed by atoms with Gasteiger partial charge in [-0.25, -0.2) is 0 Å². The Hall–Kier alpha value is -0.0500. The van der Waals surface area contributed by atoms with Gasteiger partial charge in [0, 0.05) is 5.92 Å². The molecule has 0 aromatic carbocycles. The molecule has 3 heteroatoms. The Morgan fingerprint density at radius 3 is 2.91 bits per heavy atom. The molecular weight excluding hydrogens is 208 g/mol. The van der Waals surface area contributed by atoms with E-state index in [1.807, 2.05) is 0 Å². The van der Waals surface area contributed by atoms with Crippen LogP contribution < -0.4 is 0 Å². The highest BCUT2D eigenvalue weighted by Gasteiger charge is 2.60. The van der Waals surface area contributed by atoms with E-state index in [2.05, 4.69) is 15.9 Å². The first kappa shape index (κ1) is 6.46. The Kier molecular flexibility index (Phi) is 1.07. The van der Waals surface area contributed by atoms with Crippen LogP contribution >= 0.6 is 15.9 Å². The highest BCUT2D eigenvalue weighted by molar-refractivity contribution is 9.09. The quantitative estimate of drug-likeness (QED) is 0.452. The molecule has 1 saturated heterocycles. The molecule has 0 radical (unpaired) electrons. The molecule has 5 atom stereocenters. The summed E-state index contributed by atoms with van der Waals surface area (Å²) in [5, 5.41) is 0. The van der Waals surface area contributed by atoms with Crippen molar-refractivity contribution in [1.82, 2.24) is 0 Å². The molecule has 60 valence electrons.